The van der Waals surface area contributed by atoms with Gasteiger partial charge in [0.05, 0.1) is 30.3 Å². The first-order valence-electron chi connectivity index (χ1n) is 9.05. The molecule has 0 aliphatic carbocycles. The number of pyridine rings is 1. The van der Waals surface area contributed by atoms with Crippen molar-refractivity contribution in [2.75, 3.05) is 24.7 Å². The highest BCUT2D eigenvalue weighted by Gasteiger charge is 2.38. The van der Waals surface area contributed by atoms with Gasteiger partial charge in [0, 0.05) is 36.8 Å². The second-order valence-corrected chi connectivity index (χ2v) is 7.10. The number of aryl methyl sites for hydroxylation is 1. The fourth-order valence-electron chi connectivity index (χ4n) is 3.57. The number of hydrogen-bond acceptors (Lipinski definition) is 5. The molecule has 1 unspecified atom stereocenters. The van der Waals surface area contributed by atoms with E-state index >= 15 is 0 Å². The van der Waals surface area contributed by atoms with Crippen molar-refractivity contribution in [2.45, 2.75) is 19.1 Å². The van der Waals surface area contributed by atoms with Crippen molar-refractivity contribution >= 4 is 16.7 Å². The summed E-state index contributed by atoms with van der Waals surface area (Å²) >= 11 is 0. The highest BCUT2D eigenvalue weighted by Crippen LogP contribution is 2.41. The lowest BCUT2D eigenvalue weighted by Crippen LogP contribution is -2.44. The highest BCUT2D eigenvalue weighted by molar-refractivity contribution is 5.94. The molecule has 0 saturated carbocycles. The molecule has 4 rings (SSSR count). The van der Waals surface area contributed by atoms with Gasteiger partial charge in [-0.15, -0.1) is 0 Å². The maximum Gasteiger partial charge on any atom is 0.419 e. The Labute approximate surface area is 167 Å². The number of phenolic OH excluding ortho intramolecular Hbond substituents is 1. The Kier molecular flexibility index (Phi) is 4.80. The van der Waals surface area contributed by atoms with Gasteiger partial charge in [0.2, 0.25) is 0 Å². The van der Waals surface area contributed by atoms with E-state index in [1.807, 2.05) is 11.8 Å². The van der Waals surface area contributed by atoms with E-state index in [2.05, 4.69) is 10.1 Å². The van der Waals surface area contributed by atoms with E-state index in [0.717, 1.165) is 0 Å². The maximum absolute atomic E-state index is 14.5. The number of phenols is 1. The summed E-state index contributed by atoms with van der Waals surface area (Å²) in [6, 6.07) is 2.07. The first-order valence-corrected chi connectivity index (χ1v) is 9.05. The third-order valence-electron chi connectivity index (χ3n) is 5.12. The van der Waals surface area contributed by atoms with Gasteiger partial charge in [-0.3, -0.25) is 4.68 Å². The Hall–Kier alpha value is -2.95. The number of rotatable bonds is 2. The number of morpholine rings is 1. The zero-order valence-corrected chi connectivity index (χ0v) is 16.0. The van der Waals surface area contributed by atoms with E-state index in [-0.39, 0.29) is 17.1 Å². The normalized spacial score (nSPS) is 17.7. The first-order chi connectivity index (χ1) is 14.1. The SMILES string of the molecule is CC1COCCN1c1cc2c(cn1)c(-c1cc(C(F)(F)F)c(F)c(O)c1F)nn2C. The molecule has 1 aromatic carbocycles. The molecule has 160 valence electrons. The predicted molar refractivity (Wildman–Crippen MR) is 98.2 cm³/mol. The van der Waals surface area contributed by atoms with Crippen LogP contribution in [-0.4, -0.2) is 45.7 Å². The zero-order chi connectivity index (χ0) is 21.8. The lowest BCUT2D eigenvalue weighted by atomic mass is 10.0. The molecule has 0 amide bonds. The van der Waals surface area contributed by atoms with Crippen LogP contribution in [0.4, 0.5) is 27.8 Å². The molecule has 1 fully saturated rings. The largest absolute Gasteiger partial charge is 0.503 e. The Morgan fingerprint density at radius 2 is 1.93 bits per heavy atom. The van der Waals surface area contributed by atoms with Gasteiger partial charge >= 0.3 is 6.18 Å². The summed E-state index contributed by atoms with van der Waals surface area (Å²) in [6.45, 7) is 3.63. The molecule has 1 N–H and O–H groups in total. The van der Waals surface area contributed by atoms with Gasteiger partial charge in [0.1, 0.15) is 11.5 Å². The molecule has 1 aliphatic rings. The van der Waals surface area contributed by atoms with Crippen molar-refractivity contribution in [1.82, 2.24) is 14.8 Å². The number of halogens is 5. The number of fused-ring (bicyclic) bond motifs is 1. The molecule has 0 spiro atoms. The third kappa shape index (κ3) is 3.22. The van der Waals surface area contributed by atoms with E-state index in [1.165, 1.54) is 10.9 Å². The second-order valence-electron chi connectivity index (χ2n) is 7.10. The number of benzene rings is 1. The fourth-order valence-corrected chi connectivity index (χ4v) is 3.57. The smallest absolute Gasteiger partial charge is 0.419 e. The van der Waals surface area contributed by atoms with Crippen molar-refractivity contribution < 1.29 is 31.8 Å². The number of aromatic hydroxyl groups is 1. The van der Waals surface area contributed by atoms with Crippen LogP contribution >= 0.6 is 0 Å². The van der Waals surface area contributed by atoms with Crippen molar-refractivity contribution in [3.8, 4) is 17.0 Å². The van der Waals surface area contributed by atoms with Crippen LogP contribution < -0.4 is 4.90 Å². The summed E-state index contributed by atoms with van der Waals surface area (Å²) < 4.78 is 74.5. The van der Waals surface area contributed by atoms with Crippen LogP contribution in [0.3, 0.4) is 0 Å². The summed E-state index contributed by atoms with van der Waals surface area (Å²) in [5.41, 5.74) is -2.13. The number of aromatic nitrogens is 3. The summed E-state index contributed by atoms with van der Waals surface area (Å²) in [7, 11) is 1.55. The van der Waals surface area contributed by atoms with Gasteiger partial charge in [-0.25, -0.2) is 13.8 Å². The molecular weight excluding hydrogens is 411 g/mol. The average molecular weight is 428 g/mol. The maximum atomic E-state index is 14.5. The van der Waals surface area contributed by atoms with Crippen molar-refractivity contribution in [2.24, 2.45) is 7.05 Å². The molecule has 0 bridgehead atoms. The fraction of sp³-hybridized carbons (Fsp3) is 0.368. The van der Waals surface area contributed by atoms with Crippen LogP contribution in [-0.2, 0) is 18.0 Å². The van der Waals surface area contributed by atoms with Crippen LogP contribution in [0.5, 0.6) is 5.75 Å². The number of hydrogen-bond donors (Lipinski definition) is 1. The summed E-state index contributed by atoms with van der Waals surface area (Å²) in [4.78, 5) is 6.37. The molecule has 2 aromatic heterocycles. The van der Waals surface area contributed by atoms with Gasteiger partial charge in [0.25, 0.3) is 0 Å². The Morgan fingerprint density at radius 1 is 1.20 bits per heavy atom. The number of ether oxygens (including phenoxy) is 1. The Balaban J connectivity index is 1.88. The highest BCUT2D eigenvalue weighted by atomic mass is 19.4. The third-order valence-corrected chi connectivity index (χ3v) is 5.12. The quantitative estimate of drug-likeness (QED) is 0.628. The van der Waals surface area contributed by atoms with Crippen LogP contribution in [0.25, 0.3) is 22.2 Å². The number of alkyl halides is 3. The molecule has 30 heavy (non-hydrogen) atoms. The molecule has 3 heterocycles. The predicted octanol–water partition coefficient (Wildman–Crippen LogP) is 3.86. The van der Waals surface area contributed by atoms with Crippen molar-refractivity contribution in [1.29, 1.82) is 0 Å². The van der Waals surface area contributed by atoms with Crippen molar-refractivity contribution in [3.05, 3.63) is 35.5 Å². The monoisotopic (exact) mass is 428 g/mol. The van der Waals surface area contributed by atoms with E-state index in [4.69, 9.17) is 4.74 Å². The Morgan fingerprint density at radius 3 is 2.60 bits per heavy atom. The number of nitrogens with zero attached hydrogens (tertiary/aromatic N) is 4. The summed E-state index contributed by atoms with van der Waals surface area (Å²) in [6.07, 6.45) is -3.74. The van der Waals surface area contributed by atoms with E-state index < -0.39 is 34.7 Å². The van der Waals surface area contributed by atoms with Crippen LogP contribution in [0.2, 0.25) is 0 Å². The van der Waals surface area contributed by atoms with Crippen LogP contribution in [0, 0.1) is 11.6 Å². The van der Waals surface area contributed by atoms with E-state index in [9.17, 15) is 27.1 Å². The van der Waals surface area contributed by atoms with Gasteiger partial charge in [-0.2, -0.15) is 18.3 Å². The topological polar surface area (TPSA) is 63.4 Å². The van der Waals surface area contributed by atoms with Gasteiger partial charge in [0.15, 0.2) is 17.4 Å². The van der Waals surface area contributed by atoms with E-state index in [1.54, 1.807) is 13.1 Å². The Bertz CT molecular complexity index is 1130. The summed E-state index contributed by atoms with van der Waals surface area (Å²) in [5.74, 6) is -4.67. The lowest BCUT2D eigenvalue weighted by molar-refractivity contribution is -0.140. The minimum atomic E-state index is -5.12. The van der Waals surface area contributed by atoms with Crippen molar-refractivity contribution in [3.63, 3.8) is 0 Å². The number of anilines is 1. The molecule has 1 atom stereocenters. The molecule has 11 heteroatoms. The van der Waals surface area contributed by atoms with Gasteiger partial charge < -0.3 is 14.7 Å². The lowest BCUT2D eigenvalue weighted by Gasteiger charge is -2.34. The van der Waals surface area contributed by atoms with E-state index in [0.29, 0.717) is 37.2 Å². The van der Waals surface area contributed by atoms with Crippen LogP contribution in [0.15, 0.2) is 18.3 Å². The second kappa shape index (κ2) is 7.08. The molecule has 0 radical (unpaired) electrons. The molecular formula is C19H17F5N4O2. The molecule has 1 aliphatic heterocycles. The standard InChI is InChI=1S/C19H17F5N4O2/c1-9-8-30-4-3-28(9)14-6-13-11(7-25-14)17(26-27(13)2)10-5-12(19(22,23)24)16(21)18(29)15(10)20/h5-7,9,29H,3-4,8H2,1-2H3. The molecule has 1 saturated heterocycles. The zero-order valence-electron chi connectivity index (χ0n) is 16.0. The summed E-state index contributed by atoms with van der Waals surface area (Å²) in [5, 5.41) is 14.0. The van der Waals surface area contributed by atoms with Crippen LogP contribution in [0.1, 0.15) is 12.5 Å². The minimum Gasteiger partial charge on any atom is -0.503 e. The molecule has 6 nitrogen and oxygen atoms in total. The van der Waals surface area contributed by atoms with Gasteiger partial charge in [-0.1, -0.05) is 0 Å². The average Bonchev–Trinajstić information content (AvgIpc) is 3.01. The minimum absolute atomic E-state index is 0.0669. The first kappa shape index (κ1) is 20.3. The molecule has 3 aromatic rings. The van der Waals surface area contributed by atoms with Gasteiger partial charge in [-0.05, 0) is 13.0 Å².